The van der Waals surface area contributed by atoms with Crippen molar-refractivity contribution in [3.8, 4) is 0 Å². The predicted molar refractivity (Wildman–Crippen MR) is 83.4 cm³/mol. The van der Waals surface area contributed by atoms with E-state index < -0.39 is 0 Å². The zero-order chi connectivity index (χ0) is 15.0. The first-order valence-corrected chi connectivity index (χ1v) is 7.48. The number of fused-ring (bicyclic) bond motifs is 1. The number of amides is 1. The molecule has 0 N–H and O–H groups in total. The van der Waals surface area contributed by atoms with E-state index in [-0.39, 0.29) is 18.4 Å². The molecule has 1 aliphatic heterocycles. The molecule has 108 valence electrons. The maximum atomic E-state index is 12.6. The highest BCUT2D eigenvalue weighted by molar-refractivity contribution is 6.36. The number of aromatic nitrogens is 1. The molecule has 21 heavy (non-hydrogen) atoms. The highest BCUT2D eigenvalue weighted by Gasteiger charge is 2.30. The van der Waals surface area contributed by atoms with Crippen LogP contribution in [-0.2, 0) is 17.8 Å². The van der Waals surface area contributed by atoms with Gasteiger partial charge in [0.1, 0.15) is 0 Å². The first kappa shape index (κ1) is 14.4. The molecule has 0 unspecified atom stereocenters. The van der Waals surface area contributed by atoms with Crippen LogP contribution in [0.15, 0.2) is 36.7 Å². The van der Waals surface area contributed by atoms with E-state index in [1.165, 1.54) is 23.5 Å². The molecule has 2 aromatic rings. The topological polar surface area (TPSA) is 33.2 Å². The van der Waals surface area contributed by atoms with E-state index >= 15 is 0 Å². The van der Waals surface area contributed by atoms with Gasteiger partial charge in [0, 0.05) is 24.5 Å². The molecule has 3 nitrogen and oxygen atoms in total. The molecule has 1 atom stereocenters. The predicted octanol–water partition coefficient (Wildman–Crippen LogP) is 4.03. The second-order valence-corrected chi connectivity index (χ2v) is 5.97. The lowest BCUT2D eigenvalue weighted by Gasteiger charge is -2.22. The van der Waals surface area contributed by atoms with Gasteiger partial charge in [-0.1, -0.05) is 47.5 Å². The number of hydrogen-bond donors (Lipinski definition) is 0. The normalized spacial score (nSPS) is 16.9. The summed E-state index contributed by atoms with van der Waals surface area (Å²) in [6, 6.07) is 8.20. The highest BCUT2D eigenvalue weighted by atomic mass is 35.5. The molecule has 1 aromatic heterocycles. The third-order valence-corrected chi connectivity index (χ3v) is 4.57. The second kappa shape index (κ2) is 5.66. The van der Waals surface area contributed by atoms with E-state index in [0.717, 1.165) is 0 Å². The van der Waals surface area contributed by atoms with Crippen LogP contribution >= 0.6 is 23.2 Å². The van der Waals surface area contributed by atoms with Gasteiger partial charge in [0.2, 0.25) is 5.91 Å². The van der Waals surface area contributed by atoms with Crippen molar-refractivity contribution in [1.82, 2.24) is 9.88 Å². The second-order valence-electron chi connectivity index (χ2n) is 5.15. The van der Waals surface area contributed by atoms with Crippen LogP contribution in [0.25, 0.3) is 0 Å². The van der Waals surface area contributed by atoms with Crippen LogP contribution in [-0.4, -0.2) is 15.8 Å². The number of pyridine rings is 1. The fraction of sp³-hybridized carbons (Fsp3) is 0.250. The largest absolute Gasteiger partial charge is 0.331 e. The number of carbonyl (C=O) groups excluding carboxylic acids is 1. The van der Waals surface area contributed by atoms with Gasteiger partial charge in [-0.15, -0.1) is 0 Å². The van der Waals surface area contributed by atoms with Gasteiger partial charge < -0.3 is 4.90 Å². The zero-order valence-corrected chi connectivity index (χ0v) is 13.0. The van der Waals surface area contributed by atoms with Gasteiger partial charge in [-0.05, 0) is 18.1 Å². The molecule has 0 fully saturated rings. The Bertz CT molecular complexity index is 682. The van der Waals surface area contributed by atoms with E-state index in [0.29, 0.717) is 22.2 Å². The molecule has 5 heteroatoms. The molecule has 1 aromatic carbocycles. The molecule has 0 saturated heterocycles. The van der Waals surface area contributed by atoms with Crippen molar-refractivity contribution < 1.29 is 4.79 Å². The van der Waals surface area contributed by atoms with Gasteiger partial charge in [-0.25, -0.2) is 0 Å². The molecule has 3 rings (SSSR count). The van der Waals surface area contributed by atoms with Crippen molar-refractivity contribution >= 4 is 29.1 Å². The lowest BCUT2D eigenvalue weighted by atomic mass is 10.1. The minimum atomic E-state index is 0.0219. The van der Waals surface area contributed by atoms with Crippen molar-refractivity contribution in [3.63, 3.8) is 0 Å². The Balaban J connectivity index is 1.82. The zero-order valence-electron chi connectivity index (χ0n) is 11.5. The van der Waals surface area contributed by atoms with E-state index in [1.54, 1.807) is 0 Å². The molecule has 0 aliphatic carbocycles. The molecule has 0 radical (unpaired) electrons. The van der Waals surface area contributed by atoms with Crippen molar-refractivity contribution in [2.45, 2.75) is 25.9 Å². The van der Waals surface area contributed by atoms with Gasteiger partial charge >= 0.3 is 0 Å². The number of benzene rings is 1. The number of hydrogen-bond acceptors (Lipinski definition) is 2. The standard InChI is InChI=1S/C16H14Cl2N2O/c1-10-12-5-3-2-4-11(12)9-20(10)16(21)6-13-14(17)7-19-8-15(13)18/h2-5,7-8,10H,6,9H2,1H3/t10-/m0/s1. The Labute approximate surface area is 133 Å². The Morgan fingerprint density at radius 2 is 1.95 bits per heavy atom. The van der Waals surface area contributed by atoms with E-state index in [2.05, 4.69) is 17.1 Å². The summed E-state index contributed by atoms with van der Waals surface area (Å²) in [5, 5.41) is 0.862. The molecule has 1 amide bonds. The summed E-state index contributed by atoms with van der Waals surface area (Å²) >= 11 is 12.2. The highest BCUT2D eigenvalue weighted by Crippen LogP contribution is 2.34. The van der Waals surface area contributed by atoms with Crippen LogP contribution in [0.1, 0.15) is 29.7 Å². The minimum absolute atomic E-state index is 0.0219. The Hall–Kier alpha value is -1.58. The average molecular weight is 321 g/mol. The van der Waals surface area contributed by atoms with Gasteiger partial charge in [0.05, 0.1) is 22.5 Å². The first-order chi connectivity index (χ1) is 10.1. The third-order valence-electron chi connectivity index (χ3n) is 3.91. The Kier molecular flexibility index (Phi) is 3.87. The van der Waals surface area contributed by atoms with Crippen LogP contribution < -0.4 is 0 Å². The summed E-state index contributed by atoms with van der Waals surface area (Å²) < 4.78 is 0. The Morgan fingerprint density at radius 3 is 2.62 bits per heavy atom. The van der Waals surface area contributed by atoms with E-state index in [4.69, 9.17) is 23.2 Å². The van der Waals surface area contributed by atoms with Gasteiger partial charge in [-0.3, -0.25) is 9.78 Å². The van der Waals surface area contributed by atoms with Crippen LogP contribution in [0, 0.1) is 0 Å². The fourth-order valence-corrected chi connectivity index (χ4v) is 3.24. The summed E-state index contributed by atoms with van der Waals surface area (Å²) in [5.74, 6) is 0.0219. The van der Waals surface area contributed by atoms with Crippen molar-refractivity contribution in [2.75, 3.05) is 0 Å². The lowest BCUT2D eigenvalue weighted by molar-refractivity contribution is -0.132. The lowest BCUT2D eigenvalue weighted by Crippen LogP contribution is -2.29. The molecule has 2 heterocycles. The SMILES string of the molecule is C[C@H]1c2ccccc2CN1C(=O)Cc1c(Cl)cncc1Cl. The van der Waals surface area contributed by atoms with E-state index in [9.17, 15) is 4.79 Å². The average Bonchev–Trinajstić information content (AvgIpc) is 2.81. The molecular weight excluding hydrogens is 307 g/mol. The number of nitrogens with zero attached hydrogens (tertiary/aromatic N) is 2. The van der Waals surface area contributed by atoms with Crippen molar-refractivity contribution in [3.05, 3.63) is 63.4 Å². The molecule has 0 bridgehead atoms. The van der Waals surface area contributed by atoms with Gasteiger partial charge in [0.25, 0.3) is 0 Å². The molecule has 1 aliphatic rings. The number of carbonyl (C=O) groups is 1. The van der Waals surface area contributed by atoms with Crippen LogP contribution in [0.2, 0.25) is 10.0 Å². The van der Waals surface area contributed by atoms with Crippen LogP contribution in [0.3, 0.4) is 0 Å². The van der Waals surface area contributed by atoms with Crippen LogP contribution in [0.5, 0.6) is 0 Å². The summed E-state index contributed by atoms with van der Waals surface area (Å²) in [4.78, 5) is 18.4. The summed E-state index contributed by atoms with van der Waals surface area (Å²) in [7, 11) is 0. The fourth-order valence-electron chi connectivity index (χ4n) is 2.74. The van der Waals surface area contributed by atoms with Crippen molar-refractivity contribution in [2.24, 2.45) is 0 Å². The summed E-state index contributed by atoms with van der Waals surface area (Å²) in [6.07, 6.45) is 3.22. The molecule has 0 spiro atoms. The van der Waals surface area contributed by atoms with Crippen LogP contribution in [0.4, 0.5) is 0 Å². The summed E-state index contributed by atoms with van der Waals surface area (Å²) in [6.45, 7) is 2.68. The van der Waals surface area contributed by atoms with Crippen molar-refractivity contribution in [1.29, 1.82) is 0 Å². The smallest absolute Gasteiger partial charge is 0.227 e. The Morgan fingerprint density at radius 1 is 1.29 bits per heavy atom. The minimum Gasteiger partial charge on any atom is -0.331 e. The quantitative estimate of drug-likeness (QED) is 0.836. The maximum Gasteiger partial charge on any atom is 0.227 e. The van der Waals surface area contributed by atoms with Gasteiger partial charge in [0.15, 0.2) is 0 Å². The summed E-state index contributed by atoms with van der Waals surface area (Å²) in [5.41, 5.74) is 3.05. The molecular formula is C16H14Cl2N2O. The number of halogens is 2. The maximum absolute atomic E-state index is 12.6. The monoisotopic (exact) mass is 320 g/mol. The number of rotatable bonds is 2. The first-order valence-electron chi connectivity index (χ1n) is 6.73. The molecule has 0 saturated carbocycles. The van der Waals surface area contributed by atoms with Gasteiger partial charge in [-0.2, -0.15) is 0 Å². The third kappa shape index (κ3) is 2.63. The van der Waals surface area contributed by atoms with E-state index in [1.807, 2.05) is 24.0 Å².